The number of carbonyl (C=O) groups is 1. The van der Waals surface area contributed by atoms with Crippen LogP contribution in [0.3, 0.4) is 0 Å². The molecule has 1 aromatic carbocycles. The maximum Gasteiger partial charge on any atom is 0.248 e. The summed E-state index contributed by atoms with van der Waals surface area (Å²) in [6, 6.07) is 10.2. The highest BCUT2D eigenvalue weighted by molar-refractivity contribution is 7.89. The van der Waals surface area contributed by atoms with Gasteiger partial charge in [0.05, 0.1) is 0 Å². The van der Waals surface area contributed by atoms with Crippen LogP contribution in [-0.4, -0.2) is 43.4 Å². The number of benzene rings is 1. The van der Waals surface area contributed by atoms with Crippen molar-refractivity contribution in [3.63, 3.8) is 0 Å². The Balaban J connectivity index is 1.46. The van der Waals surface area contributed by atoms with E-state index in [0.29, 0.717) is 43.9 Å². The molecule has 1 unspecified atom stereocenters. The van der Waals surface area contributed by atoms with Crippen molar-refractivity contribution in [2.75, 3.05) is 19.6 Å². The monoisotopic (exact) mass is 433 g/mol. The molecule has 1 aliphatic heterocycles. The van der Waals surface area contributed by atoms with Crippen LogP contribution in [0.25, 0.3) is 0 Å². The lowest BCUT2D eigenvalue weighted by molar-refractivity contribution is -0.126. The first-order valence-corrected chi connectivity index (χ1v) is 12.0. The van der Waals surface area contributed by atoms with Gasteiger partial charge in [-0.3, -0.25) is 4.79 Å². The van der Waals surface area contributed by atoms with Crippen molar-refractivity contribution in [1.82, 2.24) is 14.8 Å². The van der Waals surface area contributed by atoms with Gasteiger partial charge in [0, 0.05) is 25.6 Å². The molecule has 2 aromatic rings. The van der Waals surface area contributed by atoms with Crippen LogP contribution in [0.4, 0.5) is 0 Å². The van der Waals surface area contributed by atoms with Gasteiger partial charge in [-0.15, -0.1) is 0 Å². The molecule has 7 nitrogen and oxygen atoms in total. The largest absolute Gasteiger partial charge is 0.360 e. The van der Waals surface area contributed by atoms with Gasteiger partial charge in [0.25, 0.3) is 0 Å². The Morgan fingerprint density at radius 3 is 2.50 bits per heavy atom. The van der Waals surface area contributed by atoms with Crippen LogP contribution in [-0.2, 0) is 21.2 Å². The zero-order valence-corrected chi connectivity index (χ0v) is 18.7. The predicted octanol–water partition coefficient (Wildman–Crippen LogP) is 3.08. The lowest BCUT2D eigenvalue weighted by Crippen LogP contribution is -2.43. The summed E-state index contributed by atoms with van der Waals surface area (Å²) in [6.07, 6.45) is 3.17. The van der Waals surface area contributed by atoms with Gasteiger partial charge < -0.3 is 9.84 Å². The predicted molar refractivity (Wildman–Crippen MR) is 114 cm³/mol. The number of carbonyl (C=O) groups excluding carboxylic acids is 1. The van der Waals surface area contributed by atoms with Gasteiger partial charge in [0.1, 0.15) is 10.6 Å². The number of aromatic nitrogens is 1. The van der Waals surface area contributed by atoms with Gasteiger partial charge in [-0.25, -0.2) is 8.42 Å². The van der Waals surface area contributed by atoms with Gasteiger partial charge in [-0.05, 0) is 51.0 Å². The SMILES string of the molecule is Cc1noc(C)c1S(=O)(=O)N1CCC(C(C)C(=O)NCCCc2ccccc2)CC1. The Bertz CT molecular complexity index is 929. The molecular weight excluding hydrogens is 402 g/mol. The first-order valence-electron chi connectivity index (χ1n) is 10.6. The number of nitrogens with zero attached hydrogens (tertiary/aromatic N) is 2. The highest BCUT2D eigenvalue weighted by Crippen LogP contribution is 2.30. The molecular formula is C22H31N3O4S. The molecule has 3 rings (SSSR count). The van der Waals surface area contributed by atoms with E-state index in [9.17, 15) is 13.2 Å². The Labute approximate surface area is 178 Å². The molecule has 8 heteroatoms. The van der Waals surface area contributed by atoms with Crippen LogP contribution < -0.4 is 5.32 Å². The van der Waals surface area contributed by atoms with Gasteiger partial charge >= 0.3 is 0 Å². The summed E-state index contributed by atoms with van der Waals surface area (Å²) in [7, 11) is -3.62. The van der Waals surface area contributed by atoms with Crippen molar-refractivity contribution >= 4 is 15.9 Å². The molecule has 1 atom stereocenters. The third-order valence-corrected chi connectivity index (χ3v) is 8.11. The van der Waals surface area contributed by atoms with E-state index < -0.39 is 10.0 Å². The zero-order chi connectivity index (χ0) is 21.7. The van der Waals surface area contributed by atoms with Crippen molar-refractivity contribution in [1.29, 1.82) is 0 Å². The average Bonchev–Trinajstić information content (AvgIpc) is 3.10. The van der Waals surface area contributed by atoms with Crippen molar-refractivity contribution in [3.8, 4) is 0 Å². The van der Waals surface area contributed by atoms with Crippen LogP contribution in [0.1, 0.15) is 43.2 Å². The van der Waals surface area contributed by atoms with E-state index in [1.807, 2.05) is 25.1 Å². The fourth-order valence-corrected chi connectivity index (χ4v) is 5.87. The van der Waals surface area contributed by atoms with Crippen molar-refractivity contribution in [3.05, 3.63) is 47.3 Å². The highest BCUT2D eigenvalue weighted by Gasteiger charge is 2.36. The molecule has 1 aromatic heterocycles. The summed E-state index contributed by atoms with van der Waals surface area (Å²) in [4.78, 5) is 12.7. The minimum atomic E-state index is -3.62. The molecule has 0 saturated carbocycles. The molecule has 1 aliphatic rings. The van der Waals surface area contributed by atoms with E-state index in [1.54, 1.807) is 13.8 Å². The van der Waals surface area contributed by atoms with E-state index in [1.165, 1.54) is 9.87 Å². The van der Waals surface area contributed by atoms with Crippen LogP contribution in [0, 0.1) is 25.7 Å². The van der Waals surface area contributed by atoms with Gasteiger partial charge in [-0.1, -0.05) is 42.4 Å². The smallest absolute Gasteiger partial charge is 0.248 e. The molecule has 0 spiro atoms. The molecule has 164 valence electrons. The summed E-state index contributed by atoms with van der Waals surface area (Å²) in [5.41, 5.74) is 1.66. The van der Waals surface area contributed by atoms with E-state index in [0.717, 1.165) is 12.8 Å². The standard InChI is InChI=1S/C22H31N3O4S/c1-16(22(26)23-13-7-10-19-8-5-4-6-9-19)20-11-14-25(15-12-20)30(27,28)21-17(2)24-29-18(21)3/h4-6,8-9,16,20H,7,10-15H2,1-3H3,(H,23,26). The summed E-state index contributed by atoms with van der Waals surface area (Å²) in [6.45, 7) is 6.66. The van der Waals surface area contributed by atoms with Gasteiger partial charge in [0.15, 0.2) is 5.76 Å². The summed E-state index contributed by atoms with van der Waals surface area (Å²) in [5, 5.41) is 6.80. The minimum absolute atomic E-state index is 0.0510. The molecule has 30 heavy (non-hydrogen) atoms. The molecule has 0 bridgehead atoms. The lowest BCUT2D eigenvalue weighted by atomic mass is 9.85. The fraction of sp³-hybridized carbons (Fsp3) is 0.545. The quantitative estimate of drug-likeness (QED) is 0.646. The number of rotatable bonds is 8. The van der Waals surface area contributed by atoms with Crippen molar-refractivity contribution in [2.24, 2.45) is 11.8 Å². The van der Waals surface area contributed by atoms with E-state index in [-0.39, 0.29) is 22.6 Å². The summed E-state index contributed by atoms with van der Waals surface area (Å²) < 4.78 is 32.4. The number of nitrogens with one attached hydrogen (secondary N) is 1. The first-order chi connectivity index (χ1) is 14.3. The third kappa shape index (κ3) is 5.10. The average molecular weight is 434 g/mol. The number of aryl methyl sites for hydroxylation is 3. The second-order valence-corrected chi connectivity index (χ2v) is 9.94. The van der Waals surface area contributed by atoms with Crippen LogP contribution >= 0.6 is 0 Å². The fourth-order valence-electron chi connectivity index (χ4n) is 4.11. The Kier molecular flexibility index (Phi) is 7.31. The molecule has 0 radical (unpaired) electrons. The van der Waals surface area contributed by atoms with E-state index >= 15 is 0 Å². The molecule has 0 aliphatic carbocycles. The van der Waals surface area contributed by atoms with Gasteiger partial charge in [0.2, 0.25) is 15.9 Å². The van der Waals surface area contributed by atoms with Crippen LogP contribution in [0.15, 0.2) is 39.8 Å². The summed E-state index contributed by atoms with van der Waals surface area (Å²) in [5.74, 6) is 0.411. The number of hydrogen-bond acceptors (Lipinski definition) is 5. The van der Waals surface area contributed by atoms with E-state index in [2.05, 4.69) is 22.6 Å². The van der Waals surface area contributed by atoms with Crippen LogP contribution in [0.2, 0.25) is 0 Å². The third-order valence-electron chi connectivity index (χ3n) is 5.97. The Morgan fingerprint density at radius 1 is 1.23 bits per heavy atom. The van der Waals surface area contributed by atoms with Crippen molar-refractivity contribution < 1.29 is 17.7 Å². The van der Waals surface area contributed by atoms with Crippen molar-refractivity contribution in [2.45, 2.75) is 51.3 Å². The molecule has 1 fully saturated rings. The maximum absolute atomic E-state index is 12.9. The number of sulfonamides is 1. The van der Waals surface area contributed by atoms with Gasteiger partial charge in [-0.2, -0.15) is 4.31 Å². The molecule has 1 N–H and O–H groups in total. The minimum Gasteiger partial charge on any atom is -0.360 e. The number of hydrogen-bond donors (Lipinski definition) is 1. The highest BCUT2D eigenvalue weighted by atomic mass is 32.2. The van der Waals surface area contributed by atoms with Crippen LogP contribution in [0.5, 0.6) is 0 Å². The summed E-state index contributed by atoms with van der Waals surface area (Å²) >= 11 is 0. The normalized spacial score (nSPS) is 17.0. The zero-order valence-electron chi connectivity index (χ0n) is 17.9. The molecule has 1 amide bonds. The topological polar surface area (TPSA) is 92.5 Å². The molecule has 2 heterocycles. The second-order valence-electron chi connectivity index (χ2n) is 8.06. The maximum atomic E-state index is 12.9. The molecule has 1 saturated heterocycles. The Morgan fingerprint density at radius 2 is 1.90 bits per heavy atom. The second kappa shape index (κ2) is 9.75. The first kappa shape index (κ1) is 22.5. The number of piperidine rings is 1. The Hall–Kier alpha value is -2.19. The van der Waals surface area contributed by atoms with E-state index in [4.69, 9.17) is 4.52 Å². The lowest BCUT2D eigenvalue weighted by Gasteiger charge is -2.33. The number of amides is 1.